The molecule has 0 aromatic carbocycles. The summed E-state index contributed by atoms with van der Waals surface area (Å²) in [6, 6.07) is 0.779. The molecule has 0 aromatic heterocycles. The van der Waals surface area contributed by atoms with Gasteiger partial charge in [0.05, 0.1) is 0 Å². The van der Waals surface area contributed by atoms with Crippen molar-refractivity contribution in [2.24, 2.45) is 5.92 Å². The van der Waals surface area contributed by atoms with Crippen molar-refractivity contribution < 1.29 is 0 Å². The maximum atomic E-state index is 3.36. The Morgan fingerprint density at radius 1 is 1.40 bits per heavy atom. The van der Waals surface area contributed by atoms with Crippen molar-refractivity contribution in [1.82, 2.24) is 10.2 Å². The van der Waals surface area contributed by atoms with Crippen LogP contribution in [0.2, 0.25) is 0 Å². The van der Waals surface area contributed by atoms with Gasteiger partial charge < -0.3 is 10.2 Å². The maximum absolute atomic E-state index is 3.36. The van der Waals surface area contributed by atoms with E-state index in [-0.39, 0.29) is 0 Å². The van der Waals surface area contributed by atoms with E-state index in [0.717, 1.165) is 12.0 Å². The first-order chi connectivity index (χ1) is 4.88. The van der Waals surface area contributed by atoms with E-state index >= 15 is 0 Å². The van der Waals surface area contributed by atoms with E-state index in [0.29, 0.717) is 0 Å². The van der Waals surface area contributed by atoms with Crippen LogP contribution >= 0.6 is 0 Å². The minimum atomic E-state index is 0.779. The Morgan fingerprint density at radius 2 is 2.30 bits per heavy atom. The fraction of sp³-hybridized carbons (Fsp3) is 1.00. The third-order valence-electron chi connectivity index (χ3n) is 2.87. The molecule has 0 aliphatic carbocycles. The highest BCUT2D eigenvalue weighted by atomic mass is 15.2. The van der Waals surface area contributed by atoms with E-state index in [4.69, 9.17) is 0 Å². The monoisotopic (exact) mass is 140 g/mol. The molecule has 0 saturated carbocycles. The van der Waals surface area contributed by atoms with E-state index in [9.17, 15) is 0 Å². The third-order valence-corrected chi connectivity index (χ3v) is 2.87. The van der Waals surface area contributed by atoms with E-state index in [2.05, 4.69) is 17.3 Å². The summed E-state index contributed by atoms with van der Waals surface area (Å²) < 4.78 is 0. The lowest BCUT2D eigenvalue weighted by molar-refractivity contribution is 0.226. The quantitative estimate of drug-likeness (QED) is 0.563. The molecule has 2 heterocycles. The predicted molar refractivity (Wildman–Crippen MR) is 42.0 cm³/mol. The summed E-state index contributed by atoms with van der Waals surface area (Å²) in [6.07, 6.45) is 2.85. The average Bonchev–Trinajstić information content (AvgIpc) is 2.30. The molecule has 2 fully saturated rings. The van der Waals surface area contributed by atoms with Crippen molar-refractivity contribution >= 4 is 0 Å². The van der Waals surface area contributed by atoms with E-state index in [1.807, 2.05) is 0 Å². The molecule has 58 valence electrons. The van der Waals surface area contributed by atoms with Gasteiger partial charge in [0.15, 0.2) is 0 Å². The summed E-state index contributed by atoms with van der Waals surface area (Å²) in [5.41, 5.74) is 0. The summed E-state index contributed by atoms with van der Waals surface area (Å²) in [6.45, 7) is 4.01. The maximum Gasteiger partial charge on any atom is 0.0195 e. The number of hydrogen-bond acceptors (Lipinski definition) is 2. The van der Waals surface area contributed by atoms with Crippen LogP contribution in [-0.4, -0.2) is 37.6 Å². The Kier molecular flexibility index (Phi) is 1.66. The highest BCUT2D eigenvalue weighted by molar-refractivity contribution is 4.87. The van der Waals surface area contributed by atoms with Crippen LogP contribution in [0.4, 0.5) is 0 Å². The zero-order chi connectivity index (χ0) is 6.97. The summed E-state index contributed by atoms with van der Waals surface area (Å²) in [7, 11) is 2.08. The molecule has 2 nitrogen and oxygen atoms in total. The van der Waals surface area contributed by atoms with Gasteiger partial charge in [-0.2, -0.15) is 0 Å². The van der Waals surface area contributed by atoms with Gasteiger partial charge >= 0.3 is 0 Å². The van der Waals surface area contributed by atoms with Crippen molar-refractivity contribution in [1.29, 1.82) is 0 Å². The van der Waals surface area contributed by atoms with Crippen LogP contribution in [0.15, 0.2) is 0 Å². The zero-order valence-electron chi connectivity index (χ0n) is 6.64. The molecule has 0 spiro atoms. The van der Waals surface area contributed by atoms with Crippen LogP contribution in [0.25, 0.3) is 0 Å². The van der Waals surface area contributed by atoms with Gasteiger partial charge in [-0.15, -0.1) is 0 Å². The lowest BCUT2D eigenvalue weighted by Crippen LogP contribution is -2.43. The summed E-state index contributed by atoms with van der Waals surface area (Å²) in [4.78, 5) is 2.58. The second-order valence-corrected chi connectivity index (χ2v) is 3.64. The van der Waals surface area contributed by atoms with Crippen molar-refractivity contribution in [3.63, 3.8) is 0 Å². The topological polar surface area (TPSA) is 15.3 Å². The van der Waals surface area contributed by atoms with Crippen molar-refractivity contribution in [2.75, 3.05) is 26.7 Å². The molecule has 0 aromatic rings. The largest absolute Gasteiger partial charge is 0.316 e. The second kappa shape index (κ2) is 2.51. The lowest BCUT2D eigenvalue weighted by atomic mass is 9.97. The Bertz CT molecular complexity index is 112. The molecule has 2 rings (SSSR count). The number of nitrogens with one attached hydrogen (secondary N) is 1. The number of rotatable bonds is 1. The smallest absolute Gasteiger partial charge is 0.0195 e. The van der Waals surface area contributed by atoms with Crippen LogP contribution in [0.3, 0.4) is 0 Å². The van der Waals surface area contributed by atoms with Crippen LogP contribution in [0.1, 0.15) is 12.8 Å². The van der Waals surface area contributed by atoms with Crippen molar-refractivity contribution in [3.8, 4) is 0 Å². The number of likely N-dealkylation sites (N-methyl/N-ethyl adjacent to an activating group) is 1. The van der Waals surface area contributed by atoms with Gasteiger partial charge in [0, 0.05) is 19.1 Å². The average molecular weight is 140 g/mol. The van der Waals surface area contributed by atoms with Gasteiger partial charge in [-0.1, -0.05) is 0 Å². The molecule has 1 N–H and O–H groups in total. The molecule has 2 aliphatic heterocycles. The Morgan fingerprint density at radius 3 is 3.00 bits per heavy atom. The molecular weight excluding hydrogens is 124 g/mol. The Hall–Kier alpha value is -0.0800. The lowest BCUT2D eigenvalue weighted by Gasteiger charge is -2.29. The SMILES string of the molecule is CNC1C[C@@H]2CCN(C1)C2. The molecule has 2 bridgehead atoms. The second-order valence-electron chi connectivity index (χ2n) is 3.64. The molecule has 2 saturated heterocycles. The minimum absolute atomic E-state index is 0.779. The number of hydrogen-bond donors (Lipinski definition) is 1. The Labute approximate surface area is 62.6 Å². The predicted octanol–water partition coefficient (Wildman–Crippen LogP) is 0.300. The van der Waals surface area contributed by atoms with Gasteiger partial charge in [-0.3, -0.25) is 0 Å². The van der Waals surface area contributed by atoms with Crippen LogP contribution in [0, 0.1) is 5.92 Å². The number of piperidine rings is 1. The highest BCUT2D eigenvalue weighted by Gasteiger charge is 2.31. The highest BCUT2D eigenvalue weighted by Crippen LogP contribution is 2.26. The molecule has 3 atom stereocenters. The molecular formula is C8H16N2. The molecule has 0 radical (unpaired) electrons. The molecule has 2 aliphatic rings. The van der Waals surface area contributed by atoms with Gasteiger partial charge in [0.2, 0.25) is 0 Å². The standard InChI is InChI=1S/C8H16N2/c1-9-8-4-7-2-3-10(5-7)6-8/h7-9H,2-6H2,1H3/t7-,8?/m0/s1. The molecule has 2 heteroatoms. The fourth-order valence-electron chi connectivity index (χ4n) is 2.27. The van der Waals surface area contributed by atoms with Gasteiger partial charge in [0.25, 0.3) is 0 Å². The van der Waals surface area contributed by atoms with Crippen molar-refractivity contribution in [3.05, 3.63) is 0 Å². The first-order valence-electron chi connectivity index (χ1n) is 4.28. The van der Waals surface area contributed by atoms with Gasteiger partial charge in [0.1, 0.15) is 0 Å². The Balaban J connectivity index is 1.96. The number of fused-ring (bicyclic) bond motifs is 2. The van der Waals surface area contributed by atoms with Gasteiger partial charge in [-0.25, -0.2) is 0 Å². The first-order valence-corrected chi connectivity index (χ1v) is 4.28. The molecule has 2 unspecified atom stereocenters. The van der Waals surface area contributed by atoms with E-state index < -0.39 is 0 Å². The van der Waals surface area contributed by atoms with Crippen LogP contribution < -0.4 is 5.32 Å². The first kappa shape index (κ1) is 6.62. The van der Waals surface area contributed by atoms with Crippen LogP contribution in [-0.2, 0) is 0 Å². The summed E-state index contributed by atoms with van der Waals surface area (Å²) >= 11 is 0. The normalized spacial score (nSPS) is 45.9. The summed E-state index contributed by atoms with van der Waals surface area (Å²) in [5, 5.41) is 3.36. The minimum Gasteiger partial charge on any atom is -0.316 e. The van der Waals surface area contributed by atoms with E-state index in [1.165, 1.54) is 32.5 Å². The fourth-order valence-corrected chi connectivity index (χ4v) is 2.27. The number of nitrogens with zero attached hydrogens (tertiary/aromatic N) is 1. The van der Waals surface area contributed by atoms with Crippen LogP contribution in [0.5, 0.6) is 0 Å². The van der Waals surface area contributed by atoms with Crippen molar-refractivity contribution in [2.45, 2.75) is 18.9 Å². The summed E-state index contributed by atoms with van der Waals surface area (Å²) in [5.74, 6) is 1.01. The third kappa shape index (κ3) is 1.06. The zero-order valence-corrected chi connectivity index (χ0v) is 6.64. The molecule has 10 heavy (non-hydrogen) atoms. The van der Waals surface area contributed by atoms with Gasteiger partial charge in [-0.05, 0) is 32.4 Å². The van der Waals surface area contributed by atoms with E-state index in [1.54, 1.807) is 0 Å². The molecule has 0 amide bonds.